The lowest BCUT2D eigenvalue weighted by Gasteiger charge is -2.18. The zero-order valence-corrected chi connectivity index (χ0v) is 17.1. The van der Waals surface area contributed by atoms with Gasteiger partial charge in [0.25, 0.3) is 5.91 Å². The molecule has 1 unspecified atom stereocenters. The summed E-state index contributed by atoms with van der Waals surface area (Å²) in [4.78, 5) is 24.9. The van der Waals surface area contributed by atoms with Crippen molar-refractivity contribution in [3.63, 3.8) is 0 Å². The molecular formula is C19H19F2NO5S2. The molecule has 1 atom stereocenters. The number of nitrogens with one attached hydrogen (secondary N) is 1. The van der Waals surface area contributed by atoms with Crippen LogP contribution in [0.15, 0.2) is 34.5 Å². The van der Waals surface area contributed by atoms with Crippen molar-refractivity contribution in [1.82, 2.24) is 0 Å². The highest BCUT2D eigenvalue weighted by Crippen LogP contribution is 2.33. The molecule has 0 aliphatic heterocycles. The van der Waals surface area contributed by atoms with Gasteiger partial charge in [-0.25, -0.2) is 13.2 Å². The molecule has 0 radical (unpaired) electrons. The summed E-state index contributed by atoms with van der Waals surface area (Å²) in [6.07, 6.45) is 2.75. The predicted molar refractivity (Wildman–Crippen MR) is 104 cm³/mol. The number of esters is 1. The maximum Gasteiger partial charge on any atom is 0.341 e. The lowest BCUT2D eigenvalue weighted by molar-refractivity contribution is -0.119. The number of carbonyl (C=O) groups excluding carboxylic acids is 2. The summed E-state index contributed by atoms with van der Waals surface area (Å²) >= 11 is 1.52. The number of thiophene rings is 1. The third-order valence-electron chi connectivity index (χ3n) is 4.66. The van der Waals surface area contributed by atoms with E-state index < -0.39 is 39.0 Å². The van der Waals surface area contributed by atoms with Crippen molar-refractivity contribution >= 4 is 38.7 Å². The van der Waals surface area contributed by atoms with Gasteiger partial charge in [-0.2, -0.15) is 8.78 Å². The Labute approximate surface area is 170 Å². The van der Waals surface area contributed by atoms with Crippen LogP contribution in [0.3, 0.4) is 0 Å². The summed E-state index contributed by atoms with van der Waals surface area (Å²) in [5.74, 6) is -4.13. The maximum atomic E-state index is 12.5. The molecule has 0 spiro atoms. The molecule has 1 aliphatic carbocycles. The smallest absolute Gasteiger partial charge is 0.341 e. The number of fused-ring (bicyclic) bond motifs is 1. The van der Waals surface area contributed by atoms with E-state index in [9.17, 15) is 26.8 Å². The summed E-state index contributed by atoms with van der Waals surface area (Å²) in [6, 6.07) is 4.32. The summed E-state index contributed by atoms with van der Waals surface area (Å²) in [6.45, 7) is 1.65. The van der Waals surface area contributed by atoms with Gasteiger partial charge in [0.2, 0.25) is 9.84 Å². The second kappa shape index (κ2) is 8.58. The molecule has 1 heterocycles. The SMILES string of the molecule is CC1CCc2c(C(=O)OCC(=O)Nc3ccc(S(=O)(=O)C(F)F)cc3)csc2C1. The number of ether oxygens (including phenoxy) is 1. The number of benzene rings is 1. The molecule has 6 nitrogen and oxygen atoms in total. The van der Waals surface area contributed by atoms with Crippen LogP contribution in [0.2, 0.25) is 0 Å². The van der Waals surface area contributed by atoms with Gasteiger partial charge in [-0.05, 0) is 55.0 Å². The largest absolute Gasteiger partial charge is 0.452 e. The normalized spacial score (nSPS) is 16.3. The van der Waals surface area contributed by atoms with Crippen molar-refractivity contribution in [2.75, 3.05) is 11.9 Å². The van der Waals surface area contributed by atoms with Gasteiger partial charge in [0.05, 0.1) is 10.5 Å². The Hall–Kier alpha value is -2.33. The van der Waals surface area contributed by atoms with E-state index in [1.54, 1.807) is 5.38 Å². The standard InChI is InChI=1S/C19H19F2NO5S2/c1-11-2-7-14-15(10-28-16(14)8-11)18(24)27-9-17(23)22-12-3-5-13(6-4-12)29(25,26)19(20)21/h3-6,10-11,19H,2,7-9H2,1H3,(H,22,23). The average molecular weight is 443 g/mol. The Morgan fingerprint density at radius 3 is 2.62 bits per heavy atom. The fourth-order valence-corrected chi connectivity index (χ4v) is 5.04. The van der Waals surface area contributed by atoms with Gasteiger partial charge >= 0.3 is 11.7 Å². The van der Waals surface area contributed by atoms with Crippen LogP contribution in [0.4, 0.5) is 14.5 Å². The number of amides is 1. The highest BCUT2D eigenvalue weighted by atomic mass is 32.2. The highest BCUT2D eigenvalue weighted by Gasteiger charge is 2.26. The van der Waals surface area contributed by atoms with Crippen LogP contribution in [0, 0.1) is 5.92 Å². The number of carbonyl (C=O) groups is 2. The van der Waals surface area contributed by atoms with E-state index in [1.165, 1.54) is 28.3 Å². The number of sulfone groups is 1. The molecule has 1 aliphatic rings. The Morgan fingerprint density at radius 2 is 1.97 bits per heavy atom. The number of rotatable bonds is 6. The van der Waals surface area contributed by atoms with Gasteiger partial charge in [-0.1, -0.05) is 6.92 Å². The van der Waals surface area contributed by atoms with E-state index in [4.69, 9.17) is 4.74 Å². The van der Waals surface area contributed by atoms with Gasteiger partial charge in [-0.15, -0.1) is 11.3 Å². The second-order valence-corrected chi connectivity index (χ2v) is 9.74. The molecule has 0 saturated carbocycles. The van der Waals surface area contributed by atoms with E-state index in [0.717, 1.165) is 37.0 Å². The van der Waals surface area contributed by atoms with Gasteiger partial charge in [0.15, 0.2) is 6.61 Å². The highest BCUT2D eigenvalue weighted by molar-refractivity contribution is 7.91. The van der Waals surface area contributed by atoms with Crippen LogP contribution in [0.5, 0.6) is 0 Å². The molecule has 156 valence electrons. The summed E-state index contributed by atoms with van der Waals surface area (Å²) in [7, 11) is -4.69. The van der Waals surface area contributed by atoms with Crippen LogP contribution in [-0.4, -0.2) is 32.7 Å². The fraction of sp³-hybridized carbons (Fsp3) is 0.368. The lowest BCUT2D eigenvalue weighted by Crippen LogP contribution is -2.21. The minimum atomic E-state index is -4.69. The Morgan fingerprint density at radius 1 is 1.28 bits per heavy atom. The zero-order chi connectivity index (χ0) is 21.2. The summed E-state index contributed by atoms with van der Waals surface area (Å²) < 4.78 is 52.9. The molecule has 0 fully saturated rings. The van der Waals surface area contributed by atoms with Crippen LogP contribution < -0.4 is 5.32 Å². The number of hydrogen-bond acceptors (Lipinski definition) is 6. The van der Waals surface area contributed by atoms with Gasteiger partial charge < -0.3 is 10.1 Å². The van der Waals surface area contributed by atoms with E-state index in [-0.39, 0.29) is 5.69 Å². The number of anilines is 1. The Kier molecular flexibility index (Phi) is 6.33. The van der Waals surface area contributed by atoms with Crippen LogP contribution in [0.1, 0.15) is 34.1 Å². The lowest BCUT2D eigenvalue weighted by atomic mass is 9.88. The maximum absolute atomic E-state index is 12.5. The molecule has 29 heavy (non-hydrogen) atoms. The minimum Gasteiger partial charge on any atom is -0.452 e. The van der Waals surface area contributed by atoms with E-state index >= 15 is 0 Å². The third-order valence-corrected chi connectivity index (χ3v) is 7.11. The predicted octanol–water partition coefficient (Wildman–Crippen LogP) is 3.66. The van der Waals surface area contributed by atoms with Crippen molar-refractivity contribution in [3.8, 4) is 0 Å². The van der Waals surface area contributed by atoms with Gasteiger partial charge in [0.1, 0.15) is 0 Å². The third kappa shape index (κ3) is 4.81. The van der Waals surface area contributed by atoms with Crippen molar-refractivity contribution in [2.24, 2.45) is 5.92 Å². The second-order valence-electron chi connectivity index (χ2n) is 6.85. The van der Waals surface area contributed by atoms with E-state index in [1.807, 2.05) is 0 Å². The van der Waals surface area contributed by atoms with Crippen molar-refractivity contribution in [1.29, 1.82) is 0 Å². The molecular weight excluding hydrogens is 424 g/mol. The van der Waals surface area contributed by atoms with Gasteiger partial charge in [0, 0.05) is 15.9 Å². The minimum absolute atomic E-state index is 0.196. The number of alkyl halides is 2. The topological polar surface area (TPSA) is 89.5 Å². The first-order valence-corrected chi connectivity index (χ1v) is 11.3. The van der Waals surface area contributed by atoms with Crippen LogP contribution in [-0.2, 0) is 32.2 Å². The van der Waals surface area contributed by atoms with Crippen LogP contribution >= 0.6 is 11.3 Å². The Bertz CT molecular complexity index is 1020. The first kappa shape index (κ1) is 21.4. The molecule has 1 aromatic heterocycles. The quantitative estimate of drug-likeness (QED) is 0.688. The molecule has 0 saturated heterocycles. The average Bonchev–Trinajstić information content (AvgIpc) is 3.09. The molecule has 2 aromatic rings. The van der Waals surface area contributed by atoms with Crippen molar-refractivity contribution < 1.29 is 31.5 Å². The monoisotopic (exact) mass is 443 g/mol. The molecule has 10 heteroatoms. The molecule has 1 amide bonds. The number of hydrogen-bond donors (Lipinski definition) is 1. The van der Waals surface area contributed by atoms with Crippen LogP contribution in [0.25, 0.3) is 0 Å². The van der Waals surface area contributed by atoms with Gasteiger partial charge in [-0.3, -0.25) is 4.79 Å². The molecule has 3 rings (SSSR count). The molecule has 1 aromatic carbocycles. The van der Waals surface area contributed by atoms with E-state index in [0.29, 0.717) is 11.5 Å². The summed E-state index contributed by atoms with van der Waals surface area (Å²) in [5, 5.41) is 4.18. The zero-order valence-electron chi connectivity index (χ0n) is 15.5. The van der Waals surface area contributed by atoms with E-state index in [2.05, 4.69) is 12.2 Å². The van der Waals surface area contributed by atoms with Crippen molar-refractivity contribution in [2.45, 2.75) is 36.8 Å². The Balaban J connectivity index is 1.56. The first-order valence-electron chi connectivity index (χ1n) is 8.87. The first-order chi connectivity index (χ1) is 13.7. The summed E-state index contributed by atoms with van der Waals surface area (Å²) in [5.41, 5.74) is 1.68. The van der Waals surface area contributed by atoms with Crippen molar-refractivity contribution in [3.05, 3.63) is 45.6 Å². The molecule has 1 N–H and O–H groups in total. The fourth-order valence-electron chi connectivity index (χ4n) is 3.09. The molecule has 0 bridgehead atoms. The number of halogens is 2.